The third kappa shape index (κ3) is 11.7. The Kier molecular flexibility index (Phi) is 14.8. The molecular weight excluding hydrogens is 918 g/mol. The maximum Gasteiger partial charge on any atom is 0.472 e. The van der Waals surface area contributed by atoms with Gasteiger partial charge in [0.2, 0.25) is 0 Å². The van der Waals surface area contributed by atoms with E-state index in [9.17, 15) is 48.4 Å². The topological polar surface area (TPSA) is 403 Å². The molecule has 7 rings (SSSR count). The SMILES string of the molecule is Nc1ccc(COC(=O)N[C@@H](CCc2ccccc2)C(=O)O[C@H]2[C@@H](O)[C@H](n3cnc4c(N)ncnc43)O[C@@H]2COP(=O)(O)O[C@H]2[C@@H](O)[C@H](n3ccc(N)nc3=O)O[C@@H]2COP(=O)(O)O)cc1. The minimum atomic E-state index is -5.45. The van der Waals surface area contributed by atoms with Crippen molar-refractivity contribution in [2.75, 3.05) is 30.4 Å². The van der Waals surface area contributed by atoms with Crippen LogP contribution >= 0.6 is 15.6 Å². The number of amides is 1. The van der Waals surface area contributed by atoms with E-state index in [1.165, 1.54) is 17.0 Å². The number of nitrogens with zero attached hydrogens (tertiary/aromatic N) is 6. The number of anilines is 3. The van der Waals surface area contributed by atoms with Crippen molar-refractivity contribution in [3.05, 3.63) is 101 Å². The van der Waals surface area contributed by atoms with Crippen molar-refractivity contribution in [1.82, 2.24) is 34.4 Å². The summed E-state index contributed by atoms with van der Waals surface area (Å²) in [5.41, 5.74) is 18.3. The lowest BCUT2D eigenvalue weighted by molar-refractivity contribution is -0.159. The van der Waals surface area contributed by atoms with Crippen LogP contribution in [0, 0.1) is 0 Å². The molecule has 2 aromatic carbocycles. The van der Waals surface area contributed by atoms with E-state index in [-0.39, 0.29) is 42.2 Å². The number of carbonyl (C=O) groups excluding carboxylic acids is 2. The van der Waals surface area contributed by atoms with Gasteiger partial charge in [-0.2, -0.15) is 4.98 Å². The van der Waals surface area contributed by atoms with E-state index < -0.39 is 102 Å². The number of esters is 1. The summed E-state index contributed by atoms with van der Waals surface area (Å²) in [5.74, 6) is -1.30. The van der Waals surface area contributed by atoms with Crippen molar-refractivity contribution in [2.24, 2.45) is 0 Å². The molecule has 354 valence electrons. The monoisotopic (exact) mass is 962 g/mol. The summed E-state index contributed by atoms with van der Waals surface area (Å²) in [5, 5.41) is 25.5. The molecule has 2 aliphatic heterocycles. The van der Waals surface area contributed by atoms with Crippen LogP contribution in [-0.4, -0.2) is 122 Å². The Labute approximate surface area is 372 Å². The zero-order valence-corrected chi connectivity index (χ0v) is 36.0. The number of aryl methyl sites for hydroxylation is 1. The van der Waals surface area contributed by atoms with Crippen LogP contribution in [0.5, 0.6) is 0 Å². The molecule has 5 heterocycles. The highest BCUT2D eigenvalue weighted by Gasteiger charge is 2.52. The molecule has 27 nitrogen and oxygen atoms in total. The van der Waals surface area contributed by atoms with E-state index >= 15 is 0 Å². The second kappa shape index (κ2) is 20.3. The fraction of sp³-hybridized carbons (Fsp3) is 0.378. The number of nitrogens with one attached hydrogen (secondary N) is 1. The molecule has 0 spiro atoms. The van der Waals surface area contributed by atoms with E-state index in [1.807, 2.05) is 0 Å². The molecule has 66 heavy (non-hydrogen) atoms. The number of aliphatic hydroxyl groups is 2. The number of phosphoric ester groups is 2. The number of nitrogens with two attached hydrogens (primary N) is 3. The highest BCUT2D eigenvalue weighted by molar-refractivity contribution is 7.47. The van der Waals surface area contributed by atoms with Gasteiger partial charge in [-0.05, 0) is 42.2 Å². The largest absolute Gasteiger partial charge is 0.472 e. The third-order valence-electron chi connectivity index (χ3n) is 10.2. The summed E-state index contributed by atoms with van der Waals surface area (Å²) < 4.78 is 65.1. The first-order valence-electron chi connectivity index (χ1n) is 19.7. The van der Waals surface area contributed by atoms with Crippen LogP contribution in [0.4, 0.5) is 22.1 Å². The lowest BCUT2D eigenvalue weighted by Gasteiger charge is -2.26. The van der Waals surface area contributed by atoms with Crippen LogP contribution in [-0.2, 0) is 59.5 Å². The first-order valence-corrected chi connectivity index (χ1v) is 22.7. The van der Waals surface area contributed by atoms with Gasteiger partial charge >= 0.3 is 33.4 Å². The summed E-state index contributed by atoms with van der Waals surface area (Å²) >= 11 is 0. The van der Waals surface area contributed by atoms with Crippen LogP contribution in [0.15, 0.2) is 84.3 Å². The molecule has 10 atom stereocenters. The molecule has 2 aliphatic rings. The van der Waals surface area contributed by atoms with Crippen LogP contribution in [0.1, 0.15) is 30.0 Å². The van der Waals surface area contributed by atoms with Crippen LogP contribution in [0.25, 0.3) is 11.2 Å². The molecule has 1 amide bonds. The molecule has 0 aliphatic carbocycles. The number of rotatable bonds is 18. The average Bonchev–Trinajstić information content (AvgIpc) is 3.93. The van der Waals surface area contributed by atoms with E-state index in [0.29, 0.717) is 11.3 Å². The van der Waals surface area contributed by atoms with E-state index in [2.05, 4.69) is 29.8 Å². The molecule has 3 aromatic heterocycles. The highest BCUT2D eigenvalue weighted by atomic mass is 31.2. The van der Waals surface area contributed by atoms with Gasteiger partial charge in [0, 0.05) is 11.9 Å². The normalized spacial score (nSPS) is 24.4. The van der Waals surface area contributed by atoms with Crippen LogP contribution in [0.2, 0.25) is 0 Å². The van der Waals surface area contributed by atoms with Gasteiger partial charge in [0.25, 0.3) is 0 Å². The number of benzene rings is 2. The Hall–Kier alpha value is -5.93. The number of imidazole rings is 1. The number of phosphoric acid groups is 2. The second-order valence-electron chi connectivity index (χ2n) is 14.8. The number of fused-ring (bicyclic) bond motifs is 1. The van der Waals surface area contributed by atoms with Crippen LogP contribution < -0.4 is 28.2 Å². The maximum absolute atomic E-state index is 14.1. The Morgan fingerprint density at radius 1 is 0.833 bits per heavy atom. The Bertz CT molecular complexity index is 2660. The van der Waals surface area contributed by atoms with Gasteiger partial charge in [-0.25, -0.2) is 38.5 Å². The summed E-state index contributed by atoms with van der Waals surface area (Å²) in [6.07, 6.45) is -11.4. The molecule has 12 N–H and O–H groups in total. The van der Waals surface area contributed by atoms with Crippen molar-refractivity contribution in [3.63, 3.8) is 0 Å². The Morgan fingerprint density at radius 3 is 2.20 bits per heavy atom. The van der Waals surface area contributed by atoms with E-state index in [0.717, 1.165) is 22.7 Å². The standard InChI is InChI=1S/C37H44N10O17P2/c38-21-9-6-20(7-10-21)14-58-37(52)44-22(11-8-19-4-2-1-3-5-19)35(50)63-29-23(61-34(27(29)48)47-18-43-26-31(40)41-17-42-32(26)47)16-60-66(56,57)64-30-24(15-59-65(53,54)55)62-33(28(30)49)46-13-12-25(39)45-36(46)51/h1-7,9-10,12-13,17-18,22-24,27-30,33-34,48-49H,8,11,14-16,38H2,(H,44,52)(H,56,57)(H2,39,45,51)(H2,40,41,42)(H2,53,54,55)/t22-,23+,24+,27+,28+,29+,30+,33+,34+/m0/s1. The van der Waals surface area contributed by atoms with Crippen molar-refractivity contribution < 1.29 is 76.1 Å². The van der Waals surface area contributed by atoms with E-state index in [1.54, 1.807) is 54.6 Å². The Morgan fingerprint density at radius 2 is 1.50 bits per heavy atom. The molecule has 1 unspecified atom stereocenters. The van der Waals surface area contributed by atoms with Gasteiger partial charge in [0.05, 0.1) is 19.5 Å². The van der Waals surface area contributed by atoms with Gasteiger partial charge in [0.15, 0.2) is 30.0 Å². The highest BCUT2D eigenvalue weighted by Crippen LogP contribution is 2.50. The number of aliphatic hydroxyl groups excluding tert-OH is 2. The summed E-state index contributed by atoms with van der Waals surface area (Å²) in [6, 6.07) is 15.2. The van der Waals surface area contributed by atoms with Crippen LogP contribution in [0.3, 0.4) is 0 Å². The number of hydrogen-bond acceptors (Lipinski definition) is 21. The predicted molar refractivity (Wildman–Crippen MR) is 224 cm³/mol. The number of aromatic nitrogens is 6. The molecule has 5 aromatic rings. The zero-order valence-electron chi connectivity index (χ0n) is 34.2. The van der Waals surface area contributed by atoms with Gasteiger partial charge in [-0.3, -0.25) is 22.7 Å². The molecular formula is C37H44N10O17P2. The van der Waals surface area contributed by atoms with Crippen molar-refractivity contribution in [2.45, 2.75) is 74.6 Å². The maximum atomic E-state index is 14.1. The van der Waals surface area contributed by atoms with Gasteiger partial charge < -0.3 is 66.4 Å². The predicted octanol–water partition coefficient (Wildman–Crippen LogP) is -0.202. The lowest BCUT2D eigenvalue weighted by atomic mass is 10.0. The summed E-state index contributed by atoms with van der Waals surface area (Å²) in [7, 11) is -10.6. The lowest BCUT2D eigenvalue weighted by Crippen LogP contribution is -2.47. The molecule has 0 bridgehead atoms. The van der Waals surface area contributed by atoms with Crippen molar-refractivity contribution >= 4 is 56.2 Å². The quantitative estimate of drug-likeness (QED) is 0.0312. The van der Waals surface area contributed by atoms with E-state index in [4.69, 9.17) is 45.2 Å². The minimum absolute atomic E-state index is 0.0228. The van der Waals surface area contributed by atoms with Crippen molar-refractivity contribution in [3.8, 4) is 0 Å². The minimum Gasteiger partial charge on any atom is -0.455 e. The first-order chi connectivity index (χ1) is 31.4. The number of alkyl carbamates (subject to hydrolysis) is 1. The molecule has 2 fully saturated rings. The van der Waals surface area contributed by atoms with Gasteiger partial charge in [-0.15, -0.1) is 0 Å². The average molecular weight is 963 g/mol. The van der Waals surface area contributed by atoms with Gasteiger partial charge in [0.1, 0.15) is 60.8 Å². The third-order valence-corrected chi connectivity index (χ3v) is 11.7. The molecule has 29 heteroatoms. The van der Waals surface area contributed by atoms with Gasteiger partial charge in [-0.1, -0.05) is 42.5 Å². The first kappa shape index (κ1) is 48.0. The molecule has 2 saturated heterocycles. The smallest absolute Gasteiger partial charge is 0.455 e. The summed E-state index contributed by atoms with van der Waals surface area (Å²) in [4.78, 5) is 85.2. The fourth-order valence-electron chi connectivity index (χ4n) is 7.01. The number of nitrogen functional groups attached to an aromatic ring is 3. The number of hydrogen-bond donors (Lipinski definition) is 9. The fourth-order valence-corrected chi connectivity index (χ4v) is 8.31. The summed E-state index contributed by atoms with van der Waals surface area (Å²) in [6.45, 7) is -2.20. The second-order valence-corrected chi connectivity index (χ2v) is 17.4. The number of carbonyl (C=O) groups is 2. The Balaban J connectivity index is 1.12. The van der Waals surface area contributed by atoms with Crippen molar-refractivity contribution in [1.29, 1.82) is 0 Å². The number of ether oxygens (including phenoxy) is 4. The molecule has 0 radical (unpaired) electrons. The molecule has 0 saturated carbocycles. The zero-order chi connectivity index (χ0) is 47.3.